The molecular weight excluding hydrogens is 312 g/mol. The van der Waals surface area contributed by atoms with Crippen LogP contribution in [0.2, 0.25) is 0 Å². The molecule has 0 spiro atoms. The fourth-order valence-electron chi connectivity index (χ4n) is 3.31. The number of benzene rings is 2. The molecule has 0 bridgehead atoms. The maximum absolute atomic E-state index is 12.1. The fourth-order valence-corrected chi connectivity index (χ4v) is 3.31. The summed E-state index contributed by atoms with van der Waals surface area (Å²) in [4.78, 5) is 21.0. The minimum atomic E-state index is -1.08. The zero-order valence-corrected chi connectivity index (χ0v) is 13.7. The molecule has 0 amide bonds. The highest BCUT2D eigenvalue weighted by atomic mass is 16.6. The van der Waals surface area contributed by atoms with Crippen LogP contribution in [0.3, 0.4) is 0 Å². The van der Waals surface area contributed by atoms with Crippen LogP contribution in [0.15, 0.2) is 84.1 Å². The second-order valence-corrected chi connectivity index (χ2v) is 5.86. The van der Waals surface area contributed by atoms with Gasteiger partial charge >= 0.3 is 5.97 Å². The van der Waals surface area contributed by atoms with Gasteiger partial charge in [-0.3, -0.25) is 9.78 Å². The Kier molecular flexibility index (Phi) is 3.65. The Morgan fingerprint density at radius 2 is 1.64 bits per heavy atom. The highest BCUT2D eigenvalue weighted by molar-refractivity contribution is 6.14. The van der Waals surface area contributed by atoms with E-state index in [-0.39, 0.29) is 5.97 Å². The average molecular weight is 328 g/mol. The predicted octanol–water partition coefficient (Wildman–Crippen LogP) is 4.02. The van der Waals surface area contributed by atoms with Gasteiger partial charge in [0.05, 0.1) is 11.9 Å². The summed E-state index contributed by atoms with van der Waals surface area (Å²) < 4.78 is 5.98. The summed E-state index contributed by atoms with van der Waals surface area (Å²) in [6, 6.07) is 21.4. The molecule has 0 fully saturated rings. The highest BCUT2D eigenvalue weighted by Gasteiger charge is 2.49. The first-order chi connectivity index (χ1) is 12.2. The van der Waals surface area contributed by atoms with Crippen molar-refractivity contribution in [2.75, 3.05) is 0 Å². The van der Waals surface area contributed by atoms with Crippen molar-refractivity contribution in [3.63, 3.8) is 0 Å². The number of aromatic nitrogens is 1. The van der Waals surface area contributed by atoms with E-state index < -0.39 is 5.60 Å². The molecule has 1 unspecified atom stereocenters. The second kappa shape index (κ2) is 5.98. The van der Waals surface area contributed by atoms with Crippen LogP contribution in [-0.4, -0.2) is 16.7 Å². The Bertz CT molecular complexity index is 952. The molecule has 4 nitrogen and oxygen atoms in total. The number of fused-ring (bicyclic) bond motifs is 1. The minimum absolute atomic E-state index is 0.364. The van der Waals surface area contributed by atoms with Gasteiger partial charge in [0.25, 0.3) is 0 Å². The minimum Gasteiger partial charge on any atom is -0.443 e. The molecule has 2 heterocycles. The van der Waals surface area contributed by atoms with Gasteiger partial charge in [0, 0.05) is 29.8 Å². The lowest BCUT2D eigenvalue weighted by molar-refractivity contribution is -0.148. The first-order valence-electron chi connectivity index (χ1n) is 8.06. The predicted molar refractivity (Wildman–Crippen MR) is 95.9 cm³/mol. The third-order valence-electron chi connectivity index (χ3n) is 4.27. The molecule has 1 aliphatic rings. The van der Waals surface area contributed by atoms with Gasteiger partial charge in [-0.15, -0.1) is 0 Å². The van der Waals surface area contributed by atoms with Crippen LogP contribution in [0.4, 0.5) is 5.69 Å². The van der Waals surface area contributed by atoms with Crippen molar-refractivity contribution >= 4 is 17.4 Å². The van der Waals surface area contributed by atoms with Crippen LogP contribution >= 0.6 is 0 Å². The summed E-state index contributed by atoms with van der Waals surface area (Å²) >= 11 is 0. The van der Waals surface area contributed by atoms with Crippen LogP contribution in [0.1, 0.15) is 23.6 Å². The lowest BCUT2D eigenvalue weighted by Gasteiger charge is -2.32. The number of ether oxygens (including phenoxy) is 1. The number of hydrogen-bond donors (Lipinski definition) is 0. The van der Waals surface area contributed by atoms with Gasteiger partial charge in [0.2, 0.25) is 5.60 Å². The van der Waals surface area contributed by atoms with Gasteiger partial charge in [-0.1, -0.05) is 60.7 Å². The summed E-state index contributed by atoms with van der Waals surface area (Å²) in [5, 5.41) is 0. The molecule has 4 heteroatoms. The zero-order valence-electron chi connectivity index (χ0n) is 13.7. The standard InChI is InChI=1S/C21H16N2O2/c1-15(24)25-21(17-10-6-3-7-11-17)18-12-13-22-14-19(18)23-20(21)16-8-4-2-5-9-16/h2-14H,1H3. The molecule has 0 saturated heterocycles. The number of hydrogen-bond acceptors (Lipinski definition) is 4. The third-order valence-corrected chi connectivity index (χ3v) is 4.27. The number of carbonyl (C=O) groups excluding carboxylic acids is 1. The summed E-state index contributed by atoms with van der Waals surface area (Å²) in [5.74, 6) is -0.364. The van der Waals surface area contributed by atoms with Crippen molar-refractivity contribution in [2.45, 2.75) is 12.5 Å². The van der Waals surface area contributed by atoms with Crippen molar-refractivity contribution in [3.05, 3.63) is 95.8 Å². The Balaban J connectivity index is 2.04. The monoisotopic (exact) mass is 328 g/mol. The van der Waals surface area contributed by atoms with Crippen molar-refractivity contribution in [1.82, 2.24) is 4.98 Å². The molecule has 0 saturated carbocycles. The molecule has 3 aromatic rings. The van der Waals surface area contributed by atoms with Crippen molar-refractivity contribution in [3.8, 4) is 0 Å². The molecule has 0 N–H and O–H groups in total. The van der Waals surface area contributed by atoms with Gasteiger partial charge in [-0.25, -0.2) is 4.99 Å². The van der Waals surface area contributed by atoms with E-state index in [0.717, 1.165) is 16.7 Å². The SMILES string of the molecule is CC(=O)OC1(c2ccccc2)C(c2ccccc2)=Nc2cnccc21. The second-order valence-electron chi connectivity index (χ2n) is 5.86. The van der Waals surface area contributed by atoms with Crippen molar-refractivity contribution < 1.29 is 9.53 Å². The number of carbonyl (C=O) groups is 1. The van der Waals surface area contributed by atoms with Gasteiger partial charge in [0.1, 0.15) is 5.71 Å². The van der Waals surface area contributed by atoms with E-state index in [4.69, 9.17) is 9.73 Å². The van der Waals surface area contributed by atoms with E-state index in [2.05, 4.69) is 4.98 Å². The van der Waals surface area contributed by atoms with E-state index in [9.17, 15) is 4.79 Å². The first kappa shape index (κ1) is 15.3. The normalized spacial score (nSPS) is 18.4. The van der Waals surface area contributed by atoms with E-state index in [1.165, 1.54) is 6.92 Å². The number of esters is 1. The zero-order chi connectivity index (χ0) is 17.3. The molecule has 1 atom stereocenters. The number of rotatable bonds is 3. The third kappa shape index (κ3) is 2.43. The van der Waals surface area contributed by atoms with Crippen LogP contribution in [0.25, 0.3) is 0 Å². The van der Waals surface area contributed by atoms with E-state index in [1.807, 2.05) is 66.7 Å². The molecule has 2 aromatic carbocycles. The maximum atomic E-state index is 12.1. The van der Waals surface area contributed by atoms with Gasteiger partial charge in [-0.2, -0.15) is 0 Å². The molecule has 4 rings (SSSR count). The van der Waals surface area contributed by atoms with Crippen LogP contribution in [0.5, 0.6) is 0 Å². The van der Waals surface area contributed by atoms with Gasteiger partial charge in [0.15, 0.2) is 0 Å². The summed E-state index contributed by atoms with van der Waals surface area (Å²) in [6.07, 6.45) is 3.40. The maximum Gasteiger partial charge on any atom is 0.304 e. The summed E-state index contributed by atoms with van der Waals surface area (Å²) in [6.45, 7) is 1.42. The summed E-state index contributed by atoms with van der Waals surface area (Å²) in [7, 11) is 0. The number of nitrogens with zero attached hydrogens (tertiary/aromatic N) is 2. The van der Waals surface area contributed by atoms with Crippen molar-refractivity contribution in [2.24, 2.45) is 4.99 Å². The summed E-state index contributed by atoms with van der Waals surface area (Å²) in [5.41, 5.74) is 2.92. The quantitative estimate of drug-likeness (QED) is 0.682. The molecule has 25 heavy (non-hydrogen) atoms. The number of aliphatic imine (C=N–C) groups is 1. The van der Waals surface area contributed by atoms with Crippen molar-refractivity contribution in [1.29, 1.82) is 0 Å². The number of pyridine rings is 1. The Morgan fingerprint density at radius 3 is 2.32 bits per heavy atom. The molecule has 1 aliphatic heterocycles. The van der Waals surface area contributed by atoms with Gasteiger partial charge in [-0.05, 0) is 6.07 Å². The largest absolute Gasteiger partial charge is 0.443 e. The molecular formula is C21H16N2O2. The van der Waals surface area contributed by atoms with E-state index in [0.29, 0.717) is 11.4 Å². The fraction of sp³-hybridized carbons (Fsp3) is 0.0952. The molecule has 122 valence electrons. The lowest BCUT2D eigenvalue weighted by atomic mass is 9.81. The lowest BCUT2D eigenvalue weighted by Crippen LogP contribution is -2.39. The highest BCUT2D eigenvalue weighted by Crippen LogP contribution is 2.47. The smallest absolute Gasteiger partial charge is 0.304 e. The Hall–Kier alpha value is -3.27. The molecule has 0 radical (unpaired) electrons. The van der Waals surface area contributed by atoms with E-state index in [1.54, 1.807) is 12.4 Å². The van der Waals surface area contributed by atoms with Gasteiger partial charge < -0.3 is 4.74 Å². The Labute approximate surface area is 145 Å². The Morgan fingerprint density at radius 1 is 0.960 bits per heavy atom. The van der Waals surface area contributed by atoms with Crippen LogP contribution in [-0.2, 0) is 15.1 Å². The first-order valence-corrected chi connectivity index (χ1v) is 8.06. The van der Waals surface area contributed by atoms with E-state index >= 15 is 0 Å². The molecule has 0 aliphatic carbocycles. The van der Waals surface area contributed by atoms with Crippen LogP contribution in [0, 0.1) is 0 Å². The average Bonchev–Trinajstić information content (AvgIpc) is 2.98. The molecule has 1 aromatic heterocycles. The topological polar surface area (TPSA) is 51.5 Å². The van der Waals surface area contributed by atoms with Crippen LogP contribution < -0.4 is 0 Å².